The van der Waals surface area contributed by atoms with Crippen molar-refractivity contribution >= 4 is 23.0 Å². The summed E-state index contributed by atoms with van der Waals surface area (Å²) in [6.07, 6.45) is 3.58. The fourth-order valence-electron chi connectivity index (χ4n) is 2.85. The van der Waals surface area contributed by atoms with Crippen LogP contribution in [0.1, 0.15) is 15.9 Å². The van der Waals surface area contributed by atoms with Gasteiger partial charge in [-0.2, -0.15) is 5.10 Å². The van der Waals surface area contributed by atoms with E-state index in [0.717, 1.165) is 11.1 Å². The van der Waals surface area contributed by atoms with Crippen molar-refractivity contribution in [2.75, 3.05) is 18.6 Å². The van der Waals surface area contributed by atoms with E-state index in [1.807, 2.05) is 24.4 Å². The van der Waals surface area contributed by atoms with Crippen LogP contribution in [0, 0.1) is 0 Å². The summed E-state index contributed by atoms with van der Waals surface area (Å²) >= 11 is 0. The number of carbonyl (C=O) groups is 2. The van der Waals surface area contributed by atoms with Crippen LogP contribution in [-0.4, -0.2) is 35.1 Å². The Morgan fingerprint density at radius 3 is 3.08 bits per heavy atom. The third kappa shape index (κ3) is 2.69. The van der Waals surface area contributed by atoms with Crippen molar-refractivity contribution in [3.05, 3.63) is 59.9 Å². The normalized spacial score (nSPS) is 13.5. The molecule has 25 heavy (non-hydrogen) atoms. The number of nitrogens with one attached hydrogen (secondary N) is 1. The molecule has 0 unspecified atom stereocenters. The summed E-state index contributed by atoms with van der Waals surface area (Å²) in [5.41, 5.74) is 3.00. The first-order valence-corrected chi connectivity index (χ1v) is 7.86. The minimum Gasteiger partial charge on any atom is -0.482 e. The van der Waals surface area contributed by atoms with E-state index in [9.17, 15) is 9.59 Å². The number of likely N-dealkylation sites (N-methyl/N-ethyl adjacent to an activating group) is 1. The molecule has 1 aromatic carbocycles. The first-order valence-electron chi connectivity index (χ1n) is 7.86. The average molecular weight is 336 g/mol. The summed E-state index contributed by atoms with van der Waals surface area (Å²) in [4.78, 5) is 25.7. The van der Waals surface area contributed by atoms with Crippen LogP contribution >= 0.6 is 0 Å². The molecule has 7 nitrogen and oxygen atoms in total. The zero-order chi connectivity index (χ0) is 17.4. The number of fused-ring (bicyclic) bond motifs is 2. The number of rotatable bonds is 3. The number of hydrogen-bond acceptors (Lipinski definition) is 4. The lowest BCUT2D eigenvalue weighted by atomic mass is 10.1. The number of hydrogen-bond donors (Lipinski definition) is 1. The molecule has 3 aromatic rings. The van der Waals surface area contributed by atoms with Crippen molar-refractivity contribution in [3.63, 3.8) is 0 Å². The van der Waals surface area contributed by atoms with Crippen molar-refractivity contribution in [2.45, 2.75) is 6.54 Å². The quantitative estimate of drug-likeness (QED) is 0.788. The molecular weight excluding hydrogens is 320 g/mol. The lowest BCUT2D eigenvalue weighted by molar-refractivity contribution is -0.120. The Morgan fingerprint density at radius 1 is 1.32 bits per heavy atom. The van der Waals surface area contributed by atoms with Crippen LogP contribution in [0.15, 0.2) is 48.8 Å². The number of carbonyl (C=O) groups excluding carboxylic acids is 2. The van der Waals surface area contributed by atoms with Crippen LogP contribution in [0.4, 0.5) is 5.69 Å². The zero-order valence-electron chi connectivity index (χ0n) is 13.6. The number of aromatic nitrogens is 2. The third-order valence-corrected chi connectivity index (χ3v) is 4.27. The topological polar surface area (TPSA) is 75.9 Å². The fraction of sp³-hybridized carbons (Fsp3) is 0.167. The van der Waals surface area contributed by atoms with Crippen molar-refractivity contribution in [1.29, 1.82) is 0 Å². The molecule has 1 aliphatic heterocycles. The summed E-state index contributed by atoms with van der Waals surface area (Å²) in [6, 6.07) is 10.8. The van der Waals surface area contributed by atoms with Crippen molar-refractivity contribution < 1.29 is 14.3 Å². The second-order valence-electron chi connectivity index (χ2n) is 5.80. The molecule has 0 fully saturated rings. The lowest BCUT2D eigenvalue weighted by Gasteiger charge is -2.26. The molecule has 2 amide bonds. The Bertz CT molecular complexity index is 979. The lowest BCUT2D eigenvalue weighted by Crippen LogP contribution is -2.35. The van der Waals surface area contributed by atoms with Crippen molar-refractivity contribution in [3.8, 4) is 5.75 Å². The maximum atomic E-state index is 12.5. The van der Waals surface area contributed by atoms with Gasteiger partial charge in [0.1, 0.15) is 5.75 Å². The van der Waals surface area contributed by atoms with Gasteiger partial charge < -0.3 is 15.0 Å². The van der Waals surface area contributed by atoms with E-state index in [2.05, 4.69) is 10.4 Å². The minimum atomic E-state index is -0.212. The minimum absolute atomic E-state index is 0.0183. The van der Waals surface area contributed by atoms with Gasteiger partial charge in [0.15, 0.2) is 6.61 Å². The monoisotopic (exact) mass is 336 g/mol. The summed E-state index contributed by atoms with van der Waals surface area (Å²) in [6.45, 7) is 0.404. The zero-order valence-corrected chi connectivity index (χ0v) is 13.6. The Labute approximate surface area is 143 Å². The summed E-state index contributed by atoms with van der Waals surface area (Å²) < 4.78 is 7.14. The van der Waals surface area contributed by atoms with E-state index >= 15 is 0 Å². The second kappa shape index (κ2) is 5.94. The SMILES string of the molecule is CN1C(=O)COc2ccc(C(=O)NCc3cccn4nccc34)cc21. The summed E-state index contributed by atoms with van der Waals surface area (Å²) in [7, 11) is 1.67. The summed E-state index contributed by atoms with van der Waals surface area (Å²) in [5, 5.41) is 7.09. The van der Waals surface area contributed by atoms with E-state index in [-0.39, 0.29) is 18.4 Å². The number of ether oxygens (including phenoxy) is 1. The fourth-order valence-corrected chi connectivity index (χ4v) is 2.85. The molecule has 1 N–H and O–H groups in total. The molecule has 0 radical (unpaired) electrons. The number of nitrogens with zero attached hydrogens (tertiary/aromatic N) is 3. The number of benzene rings is 1. The molecule has 126 valence electrons. The van der Waals surface area contributed by atoms with Crippen LogP contribution in [0.3, 0.4) is 0 Å². The number of pyridine rings is 1. The van der Waals surface area contributed by atoms with Gasteiger partial charge >= 0.3 is 0 Å². The summed E-state index contributed by atoms with van der Waals surface area (Å²) in [5.74, 6) is 0.246. The smallest absolute Gasteiger partial charge is 0.264 e. The van der Waals surface area contributed by atoms with E-state index < -0.39 is 0 Å². The second-order valence-corrected chi connectivity index (χ2v) is 5.80. The van der Waals surface area contributed by atoms with E-state index in [1.165, 1.54) is 4.90 Å². The van der Waals surface area contributed by atoms with Gasteiger partial charge in [-0.15, -0.1) is 0 Å². The number of anilines is 1. The Kier molecular flexibility index (Phi) is 3.61. The van der Waals surface area contributed by atoms with Gasteiger partial charge in [0.05, 0.1) is 11.2 Å². The predicted molar refractivity (Wildman–Crippen MR) is 91.7 cm³/mol. The van der Waals surface area contributed by atoms with Gasteiger partial charge in [0.2, 0.25) is 0 Å². The van der Waals surface area contributed by atoms with Crippen molar-refractivity contribution in [2.24, 2.45) is 0 Å². The molecule has 4 rings (SSSR count). The van der Waals surface area contributed by atoms with E-state index in [0.29, 0.717) is 23.5 Å². The molecule has 0 saturated heterocycles. The highest BCUT2D eigenvalue weighted by Crippen LogP contribution is 2.31. The molecule has 0 aliphatic carbocycles. The van der Waals surface area contributed by atoms with Crippen LogP contribution in [0.2, 0.25) is 0 Å². The van der Waals surface area contributed by atoms with Crippen molar-refractivity contribution in [1.82, 2.24) is 14.9 Å². The molecule has 1 aliphatic rings. The maximum Gasteiger partial charge on any atom is 0.264 e. The molecule has 0 spiro atoms. The average Bonchev–Trinajstić information content (AvgIpc) is 3.12. The van der Waals surface area contributed by atoms with Gasteiger partial charge in [0.25, 0.3) is 11.8 Å². The molecule has 7 heteroatoms. The first kappa shape index (κ1) is 15.2. The molecular formula is C18H16N4O3. The largest absolute Gasteiger partial charge is 0.482 e. The predicted octanol–water partition coefficient (Wildman–Crippen LogP) is 1.62. The highest BCUT2D eigenvalue weighted by Gasteiger charge is 2.23. The highest BCUT2D eigenvalue weighted by atomic mass is 16.5. The number of amides is 2. The first-order chi connectivity index (χ1) is 12.1. The molecule has 0 saturated carbocycles. The molecule has 0 bridgehead atoms. The highest BCUT2D eigenvalue weighted by molar-refractivity contribution is 6.01. The van der Waals surface area contributed by atoms with E-state index in [1.54, 1.807) is 36.0 Å². The Hall–Kier alpha value is -3.35. The standard InChI is InChI=1S/C18H16N4O3/c1-21-15-9-12(4-5-16(15)25-11-17(21)23)18(24)19-10-13-3-2-8-22-14(13)6-7-20-22/h2-9H,10-11H2,1H3,(H,19,24). The van der Waals surface area contributed by atoms with Crippen LogP contribution in [-0.2, 0) is 11.3 Å². The maximum absolute atomic E-state index is 12.5. The van der Waals surface area contributed by atoms with Gasteiger partial charge in [-0.25, -0.2) is 4.52 Å². The van der Waals surface area contributed by atoms with Gasteiger partial charge in [0, 0.05) is 31.5 Å². The van der Waals surface area contributed by atoms with Gasteiger partial charge in [-0.3, -0.25) is 9.59 Å². The molecule has 0 atom stereocenters. The Morgan fingerprint density at radius 2 is 2.20 bits per heavy atom. The molecule has 2 aromatic heterocycles. The van der Waals surface area contributed by atoms with Gasteiger partial charge in [-0.05, 0) is 35.9 Å². The van der Waals surface area contributed by atoms with E-state index in [4.69, 9.17) is 4.74 Å². The third-order valence-electron chi connectivity index (χ3n) is 4.27. The van der Waals surface area contributed by atoms with Gasteiger partial charge in [-0.1, -0.05) is 6.07 Å². The van der Waals surface area contributed by atoms with Crippen LogP contribution in [0.5, 0.6) is 5.75 Å². The Balaban J connectivity index is 1.54. The molecule has 3 heterocycles. The van der Waals surface area contributed by atoms with Crippen LogP contribution < -0.4 is 15.0 Å². The van der Waals surface area contributed by atoms with Crippen LogP contribution in [0.25, 0.3) is 5.52 Å².